The summed E-state index contributed by atoms with van der Waals surface area (Å²) in [4.78, 5) is 1.87. The van der Waals surface area contributed by atoms with Crippen LogP contribution in [-0.4, -0.2) is 54.5 Å². The molecule has 120 valence electrons. The van der Waals surface area contributed by atoms with Gasteiger partial charge in [-0.15, -0.1) is 12.4 Å². The predicted octanol–water partition coefficient (Wildman–Crippen LogP) is 2.19. The molecule has 2 unspecified atom stereocenters. The van der Waals surface area contributed by atoms with Crippen molar-refractivity contribution >= 4 is 12.4 Å². The Labute approximate surface area is 124 Å². The van der Waals surface area contributed by atoms with E-state index in [0.717, 1.165) is 38.8 Å². The number of hydrogen-bond donors (Lipinski definition) is 2. The highest BCUT2D eigenvalue weighted by atomic mass is 35.5. The topological polar surface area (TPSA) is 35.5 Å². The van der Waals surface area contributed by atoms with Gasteiger partial charge >= 0.3 is 6.18 Å². The quantitative estimate of drug-likeness (QED) is 0.838. The van der Waals surface area contributed by atoms with Gasteiger partial charge in [-0.05, 0) is 51.2 Å². The molecule has 0 spiro atoms. The number of alkyl halides is 3. The molecule has 2 atom stereocenters. The van der Waals surface area contributed by atoms with Gasteiger partial charge in [-0.1, -0.05) is 6.42 Å². The highest BCUT2D eigenvalue weighted by molar-refractivity contribution is 5.85. The van der Waals surface area contributed by atoms with Gasteiger partial charge < -0.3 is 10.4 Å². The van der Waals surface area contributed by atoms with Gasteiger partial charge in [0.1, 0.15) is 0 Å². The zero-order valence-electron chi connectivity index (χ0n) is 11.5. The van der Waals surface area contributed by atoms with Gasteiger partial charge in [0.15, 0.2) is 6.10 Å². The molecular weight excluding hydrogens is 293 g/mol. The fourth-order valence-corrected chi connectivity index (χ4v) is 3.22. The fraction of sp³-hybridized carbons (Fsp3) is 1.00. The summed E-state index contributed by atoms with van der Waals surface area (Å²) < 4.78 is 38.1. The Hall–Kier alpha value is -0.0400. The van der Waals surface area contributed by atoms with Gasteiger partial charge in [0.25, 0.3) is 0 Å². The number of piperidine rings is 2. The van der Waals surface area contributed by atoms with Crippen molar-refractivity contribution in [2.45, 2.75) is 50.4 Å². The third kappa shape index (κ3) is 4.76. The van der Waals surface area contributed by atoms with Gasteiger partial charge in [0.2, 0.25) is 0 Å². The van der Waals surface area contributed by atoms with Crippen LogP contribution in [0.25, 0.3) is 0 Å². The van der Waals surface area contributed by atoms with Crippen molar-refractivity contribution in [2.75, 3.05) is 26.2 Å². The zero-order valence-corrected chi connectivity index (χ0v) is 12.3. The largest absolute Gasteiger partial charge is 0.415 e. The first-order valence-electron chi connectivity index (χ1n) is 7.18. The van der Waals surface area contributed by atoms with Crippen LogP contribution in [0.4, 0.5) is 13.2 Å². The Morgan fingerprint density at radius 3 is 2.40 bits per heavy atom. The van der Waals surface area contributed by atoms with Gasteiger partial charge in [-0.3, -0.25) is 4.90 Å². The van der Waals surface area contributed by atoms with E-state index in [0.29, 0.717) is 25.4 Å². The van der Waals surface area contributed by atoms with Gasteiger partial charge in [0, 0.05) is 12.6 Å². The Kier molecular flexibility index (Phi) is 7.04. The first-order chi connectivity index (χ1) is 8.98. The minimum absolute atomic E-state index is 0. The molecule has 2 N–H and O–H groups in total. The number of rotatable bonds is 3. The molecule has 2 fully saturated rings. The van der Waals surface area contributed by atoms with E-state index in [1.54, 1.807) is 0 Å². The van der Waals surface area contributed by atoms with Crippen LogP contribution in [0.1, 0.15) is 32.1 Å². The summed E-state index contributed by atoms with van der Waals surface area (Å²) in [6, 6.07) is -0.747. The Morgan fingerprint density at radius 1 is 1.15 bits per heavy atom. The molecule has 0 radical (unpaired) electrons. The van der Waals surface area contributed by atoms with Crippen LogP contribution in [0.3, 0.4) is 0 Å². The van der Waals surface area contributed by atoms with Gasteiger partial charge in [-0.25, -0.2) is 0 Å². The average Bonchev–Trinajstić information content (AvgIpc) is 2.39. The van der Waals surface area contributed by atoms with Crippen molar-refractivity contribution in [3.8, 4) is 0 Å². The monoisotopic (exact) mass is 316 g/mol. The molecule has 0 aromatic carbocycles. The maximum Gasteiger partial charge on any atom is 0.415 e. The number of nitrogens with zero attached hydrogens (tertiary/aromatic N) is 1. The SMILES string of the molecule is Cl.OC(C1CCCCN1CC1CCNCC1)C(F)(F)F. The zero-order chi connectivity index (χ0) is 13.9. The molecule has 0 amide bonds. The van der Waals surface area contributed by atoms with Gasteiger partial charge in [-0.2, -0.15) is 13.2 Å². The molecule has 2 saturated heterocycles. The summed E-state index contributed by atoms with van der Waals surface area (Å²) in [5.74, 6) is 0.460. The van der Waals surface area contributed by atoms with E-state index in [1.165, 1.54) is 0 Å². The van der Waals surface area contributed by atoms with Crippen molar-refractivity contribution in [2.24, 2.45) is 5.92 Å². The second-order valence-corrected chi connectivity index (χ2v) is 5.74. The van der Waals surface area contributed by atoms with Crippen molar-refractivity contribution < 1.29 is 18.3 Å². The second-order valence-electron chi connectivity index (χ2n) is 5.74. The number of nitrogens with one attached hydrogen (secondary N) is 1. The first kappa shape index (κ1) is 18.0. The van der Waals surface area contributed by atoms with Crippen LogP contribution in [0.5, 0.6) is 0 Å². The maximum absolute atomic E-state index is 12.7. The molecule has 2 rings (SSSR count). The second kappa shape index (κ2) is 7.82. The number of hydrogen-bond acceptors (Lipinski definition) is 3. The van der Waals surface area contributed by atoms with Gasteiger partial charge in [0.05, 0.1) is 0 Å². The van der Waals surface area contributed by atoms with Crippen molar-refractivity contribution in [1.29, 1.82) is 0 Å². The summed E-state index contributed by atoms with van der Waals surface area (Å²) in [7, 11) is 0. The van der Waals surface area contributed by atoms with Crippen LogP contribution >= 0.6 is 12.4 Å². The first-order valence-corrected chi connectivity index (χ1v) is 7.18. The lowest BCUT2D eigenvalue weighted by atomic mass is 9.92. The summed E-state index contributed by atoms with van der Waals surface area (Å²) in [6.45, 7) is 3.28. The normalized spacial score (nSPS) is 27.9. The molecular formula is C13H24ClF3N2O. The Balaban J connectivity index is 0.00000200. The van der Waals surface area contributed by atoms with E-state index in [2.05, 4.69) is 5.32 Å². The number of aliphatic hydroxyl groups is 1. The third-order valence-electron chi connectivity index (χ3n) is 4.32. The van der Waals surface area contributed by atoms with Crippen molar-refractivity contribution in [1.82, 2.24) is 10.2 Å². The summed E-state index contributed by atoms with van der Waals surface area (Å²) in [6.07, 6.45) is -2.50. The minimum atomic E-state index is -4.51. The van der Waals surface area contributed by atoms with E-state index < -0.39 is 18.3 Å². The molecule has 3 nitrogen and oxygen atoms in total. The van der Waals surface area contributed by atoms with E-state index in [1.807, 2.05) is 4.90 Å². The standard InChI is InChI=1S/C13H23F3N2O.ClH/c14-13(15,16)12(19)11-3-1-2-8-18(11)9-10-4-6-17-7-5-10;/h10-12,17,19H,1-9H2;1H. The highest BCUT2D eigenvalue weighted by Gasteiger charge is 2.46. The smallest absolute Gasteiger partial charge is 0.382 e. The molecule has 7 heteroatoms. The Morgan fingerprint density at radius 2 is 1.80 bits per heavy atom. The van der Waals surface area contributed by atoms with Crippen LogP contribution < -0.4 is 5.32 Å². The summed E-state index contributed by atoms with van der Waals surface area (Å²) >= 11 is 0. The predicted molar refractivity (Wildman–Crippen MR) is 74.1 cm³/mol. The van der Waals surface area contributed by atoms with E-state index in [-0.39, 0.29) is 12.4 Å². The van der Waals surface area contributed by atoms with E-state index in [4.69, 9.17) is 0 Å². The lowest BCUT2D eigenvalue weighted by Crippen LogP contribution is -2.53. The molecule has 2 aliphatic heterocycles. The average molecular weight is 317 g/mol. The molecule has 0 aromatic heterocycles. The number of halogens is 4. The molecule has 0 aromatic rings. The highest BCUT2D eigenvalue weighted by Crippen LogP contribution is 2.31. The minimum Gasteiger partial charge on any atom is -0.382 e. The van der Waals surface area contributed by atoms with Crippen LogP contribution in [0.2, 0.25) is 0 Å². The molecule has 2 heterocycles. The molecule has 2 aliphatic rings. The Bertz CT molecular complexity index is 285. The number of likely N-dealkylation sites (tertiary alicyclic amines) is 1. The van der Waals surface area contributed by atoms with E-state index in [9.17, 15) is 18.3 Å². The maximum atomic E-state index is 12.7. The molecule has 0 saturated carbocycles. The van der Waals surface area contributed by atoms with Crippen LogP contribution in [0.15, 0.2) is 0 Å². The third-order valence-corrected chi connectivity index (χ3v) is 4.32. The fourth-order valence-electron chi connectivity index (χ4n) is 3.22. The van der Waals surface area contributed by atoms with Crippen LogP contribution in [-0.2, 0) is 0 Å². The molecule has 0 aliphatic carbocycles. The van der Waals surface area contributed by atoms with Crippen LogP contribution in [0, 0.1) is 5.92 Å². The molecule has 20 heavy (non-hydrogen) atoms. The lowest BCUT2D eigenvalue weighted by Gasteiger charge is -2.41. The summed E-state index contributed by atoms with van der Waals surface area (Å²) in [5, 5.41) is 12.8. The van der Waals surface area contributed by atoms with Crippen molar-refractivity contribution in [3.63, 3.8) is 0 Å². The lowest BCUT2D eigenvalue weighted by molar-refractivity contribution is -0.225. The molecule has 0 bridgehead atoms. The van der Waals surface area contributed by atoms with Crippen molar-refractivity contribution in [3.05, 3.63) is 0 Å². The number of aliphatic hydroxyl groups excluding tert-OH is 1. The van der Waals surface area contributed by atoms with E-state index >= 15 is 0 Å². The summed E-state index contributed by atoms with van der Waals surface area (Å²) in [5.41, 5.74) is 0.